The Balaban J connectivity index is 1.94. The first-order chi connectivity index (χ1) is 10.1. The molecule has 0 saturated carbocycles. The van der Waals surface area contributed by atoms with Gasteiger partial charge in [-0.3, -0.25) is 9.78 Å². The standard InChI is InChI=1S/C17H14N2O2/c1-19(14-6-8-15(20)9-7-14)17(21)13-10-12-4-2-3-5-16(12)18-11-13/h2-11,20H,1H3. The number of carbonyl (C=O) groups is 1. The van der Waals surface area contributed by atoms with E-state index in [1.165, 1.54) is 4.90 Å². The summed E-state index contributed by atoms with van der Waals surface area (Å²) in [5.74, 6) is 0.0333. The van der Waals surface area contributed by atoms with Crippen LogP contribution >= 0.6 is 0 Å². The molecule has 1 N–H and O–H groups in total. The summed E-state index contributed by atoms with van der Waals surface area (Å²) in [6, 6.07) is 16.0. The number of amides is 1. The van der Waals surface area contributed by atoms with Gasteiger partial charge in [0.1, 0.15) is 5.75 Å². The van der Waals surface area contributed by atoms with Crippen molar-refractivity contribution in [3.8, 4) is 5.75 Å². The van der Waals surface area contributed by atoms with Gasteiger partial charge in [0.15, 0.2) is 0 Å². The van der Waals surface area contributed by atoms with E-state index < -0.39 is 0 Å². The third kappa shape index (κ3) is 2.56. The van der Waals surface area contributed by atoms with Crippen LogP contribution in [0.4, 0.5) is 5.69 Å². The fourth-order valence-electron chi connectivity index (χ4n) is 2.18. The summed E-state index contributed by atoms with van der Waals surface area (Å²) in [5.41, 5.74) is 2.11. The lowest BCUT2D eigenvalue weighted by atomic mass is 10.1. The molecule has 3 rings (SSSR count). The Labute approximate surface area is 122 Å². The molecule has 0 aliphatic heterocycles. The quantitative estimate of drug-likeness (QED) is 0.783. The molecule has 0 aliphatic rings. The largest absolute Gasteiger partial charge is 0.508 e. The molecule has 21 heavy (non-hydrogen) atoms. The smallest absolute Gasteiger partial charge is 0.259 e. The fourth-order valence-corrected chi connectivity index (χ4v) is 2.18. The minimum Gasteiger partial charge on any atom is -0.508 e. The number of aromatic hydroxyl groups is 1. The van der Waals surface area contributed by atoms with E-state index in [2.05, 4.69) is 4.98 Å². The van der Waals surface area contributed by atoms with Gasteiger partial charge in [0.05, 0.1) is 11.1 Å². The lowest BCUT2D eigenvalue weighted by Crippen LogP contribution is -2.26. The summed E-state index contributed by atoms with van der Waals surface area (Å²) < 4.78 is 0. The maximum absolute atomic E-state index is 12.5. The number of anilines is 1. The summed E-state index contributed by atoms with van der Waals surface area (Å²) in [7, 11) is 1.70. The Bertz CT molecular complexity index is 797. The molecule has 0 bridgehead atoms. The zero-order valence-corrected chi connectivity index (χ0v) is 11.5. The van der Waals surface area contributed by atoms with Crippen molar-refractivity contribution in [3.63, 3.8) is 0 Å². The van der Waals surface area contributed by atoms with Crippen LogP contribution in [0.5, 0.6) is 5.75 Å². The van der Waals surface area contributed by atoms with Crippen LogP contribution < -0.4 is 4.90 Å². The van der Waals surface area contributed by atoms with E-state index in [0.717, 1.165) is 10.9 Å². The highest BCUT2D eigenvalue weighted by Gasteiger charge is 2.14. The van der Waals surface area contributed by atoms with Crippen molar-refractivity contribution in [1.82, 2.24) is 4.98 Å². The van der Waals surface area contributed by atoms with Gasteiger partial charge in [-0.05, 0) is 36.4 Å². The van der Waals surface area contributed by atoms with Gasteiger partial charge in [0, 0.05) is 24.3 Å². The number of pyridine rings is 1. The molecule has 0 aliphatic carbocycles. The lowest BCUT2D eigenvalue weighted by molar-refractivity contribution is 0.0993. The number of phenolic OH excluding ortho intramolecular Hbond substituents is 1. The second-order valence-electron chi connectivity index (χ2n) is 4.80. The average molecular weight is 278 g/mol. The van der Waals surface area contributed by atoms with Crippen molar-refractivity contribution in [2.75, 3.05) is 11.9 Å². The van der Waals surface area contributed by atoms with Crippen LogP contribution in [0.1, 0.15) is 10.4 Å². The number of rotatable bonds is 2. The van der Waals surface area contributed by atoms with Crippen molar-refractivity contribution < 1.29 is 9.90 Å². The van der Waals surface area contributed by atoms with Crippen LogP contribution in [-0.2, 0) is 0 Å². The maximum Gasteiger partial charge on any atom is 0.259 e. The first-order valence-corrected chi connectivity index (χ1v) is 6.57. The fraction of sp³-hybridized carbons (Fsp3) is 0.0588. The first kappa shape index (κ1) is 13.1. The van der Waals surface area contributed by atoms with Crippen LogP contribution in [0, 0.1) is 0 Å². The SMILES string of the molecule is CN(C(=O)c1cnc2ccccc2c1)c1ccc(O)cc1. The van der Waals surface area contributed by atoms with Crippen molar-refractivity contribution in [3.05, 3.63) is 66.4 Å². The van der Waals surface area contributed by atoms with E-state index in [1.54, 1.807) is 37.5 Å². The number of hydrogen-bond acceptors (Lipinski definition) is 3. The molecule has 3 aromatic rings. The molecule has 1 heterocycles. The number of phenols is 1. The predicted octanol–water partition coefficient (Wildman–Crippen LogP) is 3.22. The van der Waals surface area contributed by atoms with Crippen LogP contribution in [0.2, 0.25) is 0 Å². The van der Waals surface area contributed by atoms with Crippen molar-refractivity contribution in [2.45, 2.75) is 0 Å². The number of para-hydroxylation sites is 1. The monoisotopic (exact) mass is 278 g/mol. The van der Waals surface area contributed by atoms with Crippen LogP contribution in [0.25, 0.3) is 10.9 Å². The van der Waals surface area contributed by atoms with E-state index in [-0.39, 0.29) is 11.7 Å². The molecule has 4 heteroatoms. The zero-order valence-electron chi connectivity index (χ0n) is 11.5. The van der Waals surface area contributed by atoms with Gasteiger partial charge in [-0.15, -0.1) is 0 Å². The summed E-state index contributed by atoms with van der Waals surface area (Å²) in [5, 5.41) is 10.2. The summed E-state index contributed by atoms with van der Waals surface area (Å²) >= 11 is 0. The summed E-state index contributed by atoms with van der Waals surface area (Å²) in [4.78, 5) is 18.3. The minimum atomic E-state index is -0.140. The van der Waals surface area contributed by atoms with Gasteiger partial charge in [-0.1, -0.05) is 18.2 Å². The molecule has 1 amide bonds. The van der Waals surface area contributed by atoms with Gasteiger partial charge in [-0.2, -0.15) is 0 Å². The topological polar surface area (TPSA) is 53.4 Å². The molecule has 0 atom stereocenters. The number of benzene rings is 2. The van der Waals surface area contributed by atoms with Crippen molar-refractivity contribution in [1.29, 1.82) is 0 Å². The maximum atomic E-state index is 12.5. The Morgan fingerprint density at radius 1 is 1.10 bits per heavy atom. The highest BCUT2D eigenvalue weighted by molar-refractivity contribution is 6.07. The summed E-state index contributed by atoms with van der Waals surface area (Å²) in [6.07, 6.45) is 1.58. The first-order valence-electron chi connectivity index (χ1n) is 6.57. The number of fused-ring (bicyclic) bond motifs is 1. The Morgan fingerprint density at radius 3 is 2.57 bits per heavy atom. The highest BCUT2D eigenvalue weighted by Crippen LogP contribution is 2.20. The molecular formula is C17H14N2O2. The van der Waals surface area contributed by atoms with Gasteiger partial charge in [0.25, 0.3) is 5.91 Å². The third-order valence-corrected chi connectivity index (χ3v) is 3.38. The molecule has 2 aromatic carbocycles. The van der Waals surface area contributed by atoms with Gasteiger partial charge >= 0.3 is 0 Å². The van der Waals surface area contributed by atoms with Crippen molar-refractivity contribution >= 4 is 22.5 Å². The molecule has 0 fully saturated rings. The number of nitrogens with zero attached hydrogens (tertiary/aromatic N) is 2. The average Bonchev–Trinajstić information content (AvgIpc) is 2.54. The highest BCUT2D eigenvalue weighted by atomic mass is 16.3. The van der Waals surface area contributed by atoms with Gasteiger partial charge in [-0.25, -0.2) is 0 Å². The molecular weight excluding hydrogens is 264 g/mol. The zero-order chi connectivity index (χ0) is 14.8. The normalized spacial score (nSPS) is 10.5. The van der Waals surface area contributed by atoms with Crippen LogP contribution in [-0.4, -0.2) is 23.0 Å². The van der Waals surface area contributed by atoms with E-state index in [0.29, 0.717) is 11.3 Å². The van der Waals surface area contributed by atoms with E-state index >= 15 is 0 Å². The molecule has 1 aromatic heterocycles. The van der Waals surface area contributed by atoms with E-state index in [1.807, 2.05) is 30.3 Å². The Hall–Kier alpha value is -2.88. The van der Waals surface area contributed by atoms with Crippen LogP contribution in [0.15, 0.2) is 60.8 Å². The van der Waals surface area contributed by atoms with Crippen LogP contribution in [0.3, 0.4) is 0 Å². The molecule has 0 unspecified atom stereocenters. The molecule has 104 valence electrons. The molecule has 0 saturated heterocycles. The third-order valence-electron chi connectivity index (χ3n) is 3.38. The van der Waals surface area contributed by atoms with E-state index in [9.17, 15) is 9.90 Å². The minimum absolute atomic E-state index is 0.140. The second-order valence-corrected chi connectivity index (χ2v) is 4.80. The number of carbonyl (C=O) groups excluding carboxylic acids is 1. The second kappa shape index (κ2) is 5.25. The molecule has 0 spiro atoms. The lowest BCUT2D eigenvalue weighted by Gasteiger charge is -2.17. The van der Waals surface area contributed by atoms with Crippen molar-refractivity contribution in [2.24, 2.45) is 0 Å². The predicted molar refractivity (Wildman–Crippen MR) is 82.6 cm³/mol. The molecule has 4 nitrogen and oxygen atoms in total. The number of aromatic nitrogens is 1. The van der Waals surface area contributed by atoms with E-state index in [4.69, 9.17) is 0 Å². The Morgan fingerprint density at radius 2 is 1.81 bits per heavy atom. The van der Waals surface area contributed by atoms with Gasteiger partial charge in [0.2, 0.25) is 0 Å². The summed E-state index contributed by atoms with van der Waals surface area (Å²) in [6.45, 7) is 0. The molecule has 0 radical (unpaired) electrons. The Kier molecular flexibility index (Phi) is 3.28. The van der Waals surface area contributed by atoms with Gasteiger partial charge < -0.3 is 10.0 Å². The number of hydrogen-bond donors (Lipinski definition) is 1.